The minimum atomic E-state index is -0.832. The fourth-order valence-corrected chi connectivity index (χ4v) is 3.35. The van der Waals surface area contributed by atoms with E-state index >= 15 is 0 Å². The quantitative estimate of drug-likeness (QED) is 0.872. The van der Waals surface area contributed by atoms with Gasteiger partial charge in [-0.1, -0.05) is 11.8 Å². The zero-order valence-electron chi connectivity index (χ0n) is 11.9. The van der Waals surface area contributed by atoms with Crippen molar-refractivity contribution in [3.8, 4) is 0 Å². The number of hydrogen-bond donors (Lipinski definition) is 1. The number of carbonyl (C=O) groups is 1. The van der Waals surface area contributed by atoms with Crippen LogP contribution in [0.1, 0.15) is 24.8 Å². The Balaban J connectivity index is 2.06. The van der Waals surface area contributed by atoms with Gasteiger partial charge < -0.3 is 10.1 Å². The summed E-state index contributed by atoms with van der Waals surface area (Å²) in [6, 6.07) is 1.93. The third-order valence-corrected chi connectivity index (χ3v) is 4.55. The number of fused-ring (bicyclic) bond motifs is 1. The smallest absolute Gasteiger partial charge is 0.313 e. The Morgan fingerprint density at radius 3 is 2.86 bits per heavy atom. The van der Waals surface area contributed by atoms with Crippen LogP contribution in [-0.2, 0) is 4.79 Å². The van der Waals surface area contributed by atoms with E-state index < -0.39 is 5.97 Å². The van der Waals surface area contributed by atoms with Gasteiger partial charge in [0.05, 0.1) is 5.75 Å². The van der Waals surface area contributed by atoms with E-state index in [4.69, 9.17) is 5.11 Å². The third kappa shape index (κ3) is 2.83. The van der Waals surface area contributed by atoms with Crippen molar-refractivity contribution in [2.24, 2.45) is 0 Å². The Bertz CT molecular complexity index is 664. The summed E-state index contributed by atoms with van der Waals surface area (Å²) in [6.07, 6.45) is 5.32. The molecule has 0 spiro atoms. The van der Waals surface area contributed by atoms with Crippen molar-refractivity contribution >= 4 is 28.9 Å². The molecule has 1 N–H and O–H groups in total. The monoisotopic (exact) mass is 306 g/mol. The van der Waals surface area contributed by atoms with Crippen LogP contribution in [0.25, 0.3) is 11.2 Å². The van der Waals surface area contributed by atoms with Crippen LogP contribution in [0.4, 0.5) is 0 Å². The van der Waals surface area contributed by atoms with Gasteiger partial charge in [-0.05, 0) is 37.8 Å². The number of aryl methyl sites for hydroxylation is 1. The van der Waals surface area contributed by atoms with E-state index in [2.05, 4.69) is 15.0 Å². The fourth-order valence-electron chi connectivity index (χ4n) is 2.61. The first-order valence-corrected chi connectivity index (χ1v) is 8.09. The molecule has 21 heavy (non-hydrogen) atoms. The van der Waals surface area contributed by atoms with Crippen LogP contribution in [0.3, 0.4) is 0 Å². The maximum Gasteiger partial charge on any atom is 0.313 e. The predicted octanol–water partition coefficient (Wildman–Crippen LogP) is 2.04. The van der Waals surface area contributed by atoms with Gasteiger partial charge >= 0.3 is 5.97 Å². The molecule has 6 nitrogen and oxygen atoms in total. The van der Waals surface area contributed by atoms with Crippen LogP contribution in [-0.4, -0.2) is 44.6 Å². The third-order valence-electron chi connectivity index (χ3n) is 3.64. The molecule has 0 bridgehead atoms. The maximum atomic E-state index is 10.9. The van der Waals surface area contributed by atoms with Gasteiger partial charge in [0, 0.05) is 19.3 Å². The molecule has 0 aliphatic carbocycles. The number of imidazole rings is 1. The SMILES string of the molecule is Cc1ccnc2c1nc(SCC(=O)O)n2N1CCCCC1. The highest BCUT2D eigenvalue weighted by Crippen LogP contribution is 2.26. The number of hydrogen-bond acceptors (Lipinski definition) is 5. The molecule has 112 valence electrons. The minimum absolute atomic E-state index is 0.0101. The molecule has 1 fully saturated rings. The van der Waals surface area contributed by atoms with Crippen LogP contribution in [0.2, 0.25) is 0 Å². The number of aromatic nitrogens is 3. The number of carboxylic acid groups (broad SMARTS) is 1. The molecular weight excluding hydrogens is 288 g/mol. The van der Waals surface area contributed by atoms with Crippen molar-refractivity contribution in [2.45, 2.75) is 31.3 Å². The average molecular weight is 306 g/mol. The van der Waals surface area contributed by atoms with Crippen molar-refractivity contribution < 1.29 is 9.90 Å². The Hall–Kier alpha value is -1.76. The predicted molar refractivity (Wildman–Crippen MR) is 82.4 cm³/mol. The second-order valence-electron chi connectivity index (χ2n) is 5.20. The average Bonchev–Trinajstić information content (AvgIpc) is 2.86. The van der Waals surface area contributed by atoms with E-state index in [-0.39, 0.29) is 5.75 Å². The molecule has 0 radical (unpaired) electrons. The Morgan fingerprint density at radius 1 is 1.38 bits per heavy atom. The number of nitrogens with zero attached hydrogens (tertiary/aromatic N) is 4. The van der Waals surface area contributed by atoms with Crippen molar-refractivity contribution in [1.82, 2.24) is 14.6 Å². The van der Waals surface area contributed by atoms with E-state index in [1.54, 1.807) is 6.20 Å². The zero-order chi connectivity index (χ0) is 14.8. The van der Waals surface area contributed by atoms with E-state index in [1.807, 2.05) is 17.7 Å². The molecule has 0 unspecified atom stereocenters. The fraction of sp³-hybridized carbons (Fsp3) is 0.500. The lowest BCUT2D eigenvalue weighted by atomic mass is 10.2. The molecule has 1 aliphatic rings. The lowest BCUT2D eigenvalue weighted by Crippen LogP contribution is -2.39. The van der Waals surface area contributed by atoms with Crippen LogP contribution in [0, 0.1) is 6.92 Å². The first-order valence-electron chi connectivity index (χ1n) is 7.10. The number of aliphatic carboxylic acids is 1. The molecule has 2 aromatic rings. The molecule has 0 aromatic carbocycles. The summed E-state index contributed by atoms with van der Waals surface area (Å²) in [6.45, 7) is 3.92. The van der Waals surface area contributed by atoms with E-state index in [9.17, 15) is 4.79 Å². The van der Waals surface area contributed by atoms with Crippen LogP contribution in [0.5, 0.6) is 0 Å². The summed E-state index contributed by atoms with van der Waals surface area (Å²) < 4.78 is 2.01. The van der Waals surface area contributed by atoms with Crippen molar-refractivity contribution in [3.63, 3.8) is 0 Å². The number of rotatable bonds is 4. The molecule has 3 rings (SSSR count). The number of carboxylic acids is 1. The highest BCUT2D eigenvalue weighted by atomic mass is 32.2. The molecule has 1 saturated heterocycles. The summed E-state index contributed by atoms with van der Waals surface area (Å²) in [7, 11) is 0. The van der Waals surface area contributed by atoms with Gasteiger partial charge in [-0.25, -0.2) is 14.6 Å². The molecule has 1 aliphatic heterocycles. The van der Waals surface area contributed by atoms with E-state index in [0.717, 1.165) is 47.8 Å². The first kappa shape index (κ1) is 14.2. The Morgan fingerprint density at radius 2 is 2.14 bits per heavy atom. The maximum absolute atomic E-state index is 10.9. The lowest BCUT2D eigenvalue weighted by Gasteiger charge is -2.30. The number of pyridine rings is 1. The summed E-state index contributed by atoms with van der Waals surface area (Å²) in [4.78, 5) is 19.9. The van der Waals surface area contributed by atoms with Gasteiger partial charge in [-0.15, -0.1) is 0 Å². The summed E-state index contributed by atoms with van der Waals surface area (Å²) >= 11 is 1.25. The highest BCUT2D eigenvalue weighted by molar-refractivity contribution is 7.99. The molecule has 7 heteroatoms. The van der Waals surface area contributed by atoms with Crippen LogP contribution < -0.4 is 5.01 Å². The summed E-state index contributed by atoms with van der Waals surface area (Å²) in [5.74, 6) is -0.821. The van der Waals surface area contributed by atoms with Crippen molar-refractivity contribution in [3.05, 3.63) is 17.8 Å². The van der Waals surface area contributed by atoms with Crippen molar-refractivity contribution in [1.29, 1.82) is 0 Å². The van der Waals surface area contributed by atoms with Gasteiger partial charge in [-0.3, -0.25) is 4.79 Å². The highest BCUT2D eigenvalue weighted by Gasteiger charge is 2.21. The molecular formula is C14H18N4O2S. The molecule has 0 atom stereocenters. The van der Waals surface area contributed by atoms with E-state index in [0.29, 0.717) is 0 Å². The molecule has 3 heterocycles. The van der Waals surface area contributed by atoms with Gasteiger partial charge in [0.1, 0.15) is 5.52 Å². The Kier molecular flexibility index (Phi) is 4.01. The lowest BCUT2D eigenvalue weighted by molar-refractivity contribution is -0.133. The minimum Gasteiger partial charge on any atom is -0.481 e. The van der Waals surface area contributed by atoms with Crippen LogP contribution >= 0.6 is 11.8 Å². The number of piperidine rings is 1. The topological polar surface area (TPSA) is 71.2 Å². The molecule has 0 saturated carbocycles. The second kappa shape index (κ2) is 5.93. The van der Waals surface area contributed by atoms with Gasteiger partial charge in [-0.2, -0.15) is 0 Å². The normalized spacial score (nSPS) is 15.6. The van der Waals surface area contributed by atoms with Crippen molar-refractivity contribution in [2.75, 3.05) is 23.9 Å². The standard InChI is InChI=1S/C14H18N4O2S/c1-10-5-6-15-13-12(10)16-14(21-9-11(19)20)18(13)17-7-3-2-4-8-17/h5-6H,2-4,7-9H2,1H3,(H,19,20). The van der Waals surface area contributed by atoms with E-state index in [1.165, 1.54) is 18.2 Å². The second-order valence-corrected chi connectivity index (χ2v) is 6.15. The Labute approximate surface area is 127 Å². The van der Waals surface area contributed by atoms with Gasteiger partial charge in [0.25, 0.3) is 0 Å². The first-order chi connectivity index (χ1) is 10.2. The van der Waals surface area contributed by atoms with Crippen LogP contribution in [0.15, 0.2) is 17.4 Å². The molecule has 2 aromatic heterocycles. The van der Waals surface area contributed by atoms with Gasteiger partial charge in [0.15, 0.2) is 10.8 Å². The summed E-state index contributed by atoms with van der Waals surface area (Å²) in [5, 5.41) is 11.9. The molecule has 0 amide bonds. The zero-order valence-corrected chi connectivity index (χ0v) is 12.8. The number of thioether (sulfide) groups is 1. The van der Waals surface area contributed by atoms with Gasteiger partial charge in [0.2, 0.25) is 0 Å². The largest absolute Gasteiger partial charge is 0.481 e. The summed E-state index contributed by atoms with van der Waals surface area (Å²) in [5.41, 5.74) is 2.74.